The lowest BCUT2D eigenvalue weighted by atomic mass is 10.1. The van der Waals surface area contributed by atoms with Crippen molar-refractivity contribution in [2.75, 3.05) is 20.8 Å². The van der Waals surface area contributed by atoms with Crippen molar-refractivity contribution in [3.05, 3.63) is 34.0 Å². The first-order chi connectivity index (χ1) is 17.1. The second kappa shape index (κ2) is 9.96. The lowest BCUT2D eigenvalue weighted by molar-refractivity contribution is -0.143. The van der Waals surface area contributed by atoms with Gasteiger partial charge >= 0.3 is 5.97 Å². The first-order valence-electron chi connectivity index (χ1n) is 13.4. The van der Waals surface area contributed by atoms with E-state index in [4.69, 9.17) is 29.3 Å². The second-order valence-electron chi connectivity index (χ2n) is 5.65. The maximum absolute atomic E-state index is 14.9. The molecule has 1 aliphatic rings. The van der Waals surface area contributed by atoms with Crippen molar-refractivity contribution in [3.8, 4) is 0 Å². The van der Waals surface area contributed by atoms with Crippen LogP contribution < -0.4 is 5.56 Å². The van der Waals surface area contributed by atoms with Crippen molar-refractivity contribution in [1.29, 1.82) is 0 Å². The SMILES string of the molecule is [2H]C([2H])([2H])C([2H])([2H])C([2H])([2H])C([2H])([2H])C([2H])([2H])OC(=O)Cc1cc(=O)n([C@H]2O[C@H](C)C(OC)[C@@H]2OC)cc1F. The molecule has 1 saturated heterocycles. The van der Waals surface area contributed by atoms with E-state index >= 15 is 0 Å². The predicted molar refractivity (Wildman–Crippen MR) is 96.0 cm³/mol. The third kappa shape index (κ3) is 5.15. The first kappa shape index (κ1) is 10.7. The molecule has 1 fully saturated rings. The van der Waals surface area contributed by atoms with Crippen molar-refractivity contribution in [2.45, 2.75) is 63.9 Å². The largest absolute Gasteiger partial charge is 0.465 e. The monoisotopic (exact) mass is 396 g/mol. The molecular formula is C19H28FNO6. The molecule has 0 saturated carbocycles. The molecular weight excluding hydrogens is 357 g/mol. The fourth-order valence-corrected chi connectivity index (χ4v) is 2.83. The maximum atomic E-state index is 14.9. The van der Waals surface area contributed by atoms with E-state index in [2.05, 4.69) is 4.74 Å². The van der Waals surface area contributed by atoms with E-state index in [1.54, 1.807) is 6.92 Å². The van der Waals surface area contributed by atoms with Crippen LogP contribution in [0.4, 0.5) is 4.39 Å². The zero-order valence-corrected chi connectivity index (χ0v) is 14.9. The van der Waals surface area contributed by atoms with E-state index in [0.717, 1.165) is 10.8 Å². The smallest absolute Gasteiger partial charge is 0.310 e. The van der Waals surface area contributed by atoms with Gasteiger partial charge in [-0.25, -0.2) is 4.39 Å². The zero-order chi connectivity index (χ0) is 29.6. The minimum Gasteiger partial charge on any atom is -0.465 e. The molecule has 0 radical (unpaired) electrons. The Morgan fingerprint density at radius 3 is 2.78 bits per heavy atom. The van der Waals surface area contributed by atoms with Crippen LogP contribution in [0.25, 0.3) is 0 Å². The summed E-state index contributed by atoms with van der Waals surface area (Å²) in [6.07, 6.45) is -15.3. The van der Waals surface area contributed by atoms with Gasteiger partial charge in [-0.15, -0.1) is 0 Å². The third-order valence-corrected chi connectivity index (χ3v) is 4.03. The molecule has 4 atom stereocenters. The molecule has 0 amide bonds. The quantitative estimate of drug-likeness (QED) is 0.596. The lowest BCUT2D eigenvalue weighted by Crippen LogP contribution is -2.37. The Bertz CT molecular complexity index is 1090. The third-order valence-electron chi connectivity index (χ3n) is 4.03. The number of pyridine rings is 1. The molecule has 0 aromatic carbocycles. The standard InChI is InChI=1S/C19H28FNO6/c1-5-6-7-8-26-16(23)10-13-9-15(22)21(11-14(13)20)19-18(25-4)17(24-3)12(2)27-19/h9,11-12,17-19H,5-8,10H2,1-4H3/t12-,17?,18+,19+/m1/s1/i1D3,5D2,6D2,7D2,8D2. The fraction of sp³-hybridized carbons (Fsp3) is 0.684. The van der Waals surface area contributed by atoms with E-state index in [9.17, 15) is 14.0 Å². The van der Waals surface area contributed by atoms with Gasteiger partial charge in [-0.3, -0.25) is 14.2 Å². The minimum atomic E-state index is -4.03. The average molecular weight is 396 g/mol. The van der Waals surface area contributed by atoms with Crippen molar-refractivity contribution in [1.82, 2.24) is 4.57 Å². The van der Waals surface area contributed by atoms with Gasteiger partial charge in [0.1, 0.15) is 18.0 Å². The highest BCUT2D eigenvalue weighted by atomic mass is 19.1. The van der Waals surface area contributed by atoms with E-state index in [1.807, 2.05) is 0 Å². The molecule has 0 N–H and O–H groups in total. The molecule has 1 unspecified atom stereocenters. The Morgan fingerprint density at radius 1 is 1.37 bits per heavy atom. The summed E-state index contributed by atoms with van der Waals surface area (Å²) in [4.78, 5) is 25.1. The van der Waals surface area contributed by atoms with E-state index < -0.39 is 86.4 Å². The molecule has 2 heterocycles. The molecule has 0 aliphatic carbocycles. The van der Waals surface area contributed by atoms with Crippen LogP contribution in [0.5, 0.6) is 0 Å². The van der Waals surface area contributed by atoms with Gasteiger partial charge in [-0.2, -0.15) is 0 Å². The number of halogens is 1. The van der Waals surface area contributed by atoms with Gasteiger partial charge in [0.2, 0.25) is 0 Å². The van der Waals surface area contributed by atoms with Crippen LogP contribution in [0, 0.1) is 5.82 Å². The molecule has 1 aliphatic heterocycles. The Morgan fingerprint density at radius 2 is 2.11 bits per heavy atom. The molecule has 1 aromatic rings. The molecule has 0 bridgehead atoms. The van der Waals surface area contributed by atoms with Gasteiger partial charge < -0.3 is 18.9 Å². The van der Waals surface area contributed by atoms with Gasteiger partial charge in [0, 0.05) is 44.4 Å². The zero-order valence-electron chi connectivity index (χ0n) is 25.9. The normalized spacial score (nSPS) is 33.6. The van der Waals surface area contributed by atoms with Gasteiger partial charge in [0.15, 0.2) is 6.23 Å². The number of nitrogens with zero attached hydrogens (tertiary/aromatic N) is 1. The second-order valence-corrected chi connectivity index (χ2v) is 5.65. The summed E-state index contributed by atoms with van der Waals surface area (Å²) in [5.41, 5.74) is -1.41. The average Bonchev–Trinajstić information content (AvgIpc) is 3.09. The maximum Gasteiger partial charge on any atom is 0.310 e. The summed E-state index contributed by atoms with van der Waals surface area (Å²) in [6.45, 7) is -5.96. The summed E-state index contributed by atoms with van der Waals surface area (Å²) in [7, 11) is 2.75. The number of carbonyl (C=O) groups is 1. The Labute approximate surface area is 173 Å². The van der Waals surface area contributed by atoms with E-state index in [0.29, 0.717) is 6.07 Å². The molecule has 1 aromatic heterocycles. The highest BCUT2D eigenvalue weighted by Crippen LogP contribution is 2.32. The van der Waals surface area contributed by atoms with Gasteiger partial charge in [0.25, 0.3) is 5.56 Å². The number of esters is 1. The Kier molecular flexibility index (Phi) is 3.94. The summed E-state index contributed by atoms with van der Waals surface area (Å²) in [5.74, 6) is -2.76. The number of hydrogen-bond acceptors (Lipinski definition) is 6. The molecule has 8 heteroatoms. The number of ether oxygens (including phenoxy) is 4. The van der Waals surface area contributed by atoms with Gasteiger partial charge in [-0.05, 0) is 13.3 Å². The van der Waals surface area contributed by atoms with Crippen LogP contribution in [-0.4, -0.2) is 49.6 Å². The van der Waals surface area contributed by atoms with Crippen molar-refractivity contribution in [3.63, 3.8) is 0 Å². The van der Waals surface area contributed by atoms with Crippen molar-refractivity contribution in [2.24, 2.45) is 0 Å². The number of rotatable bonds is 9. The van der Waals surface area contributed by atoms with Crippen molar-refractivity contribution < 1.29 is 43.2 Å². The lowest BCUT2D eigenvalue weighted by Gasteiger charge is -2.22. The van der Waals surface area contributed by atoms with Crippen LogP contribution >= 0.6 is 0 Å². The van der Waals surface area contributed by atoms with E-state index in [1.165, 1.54) is 14.2 Å². The summed E-state index contributed by atoms with van der Waals surface area (Å²) < 4.78 is 120. The fourth-order valence-electron chi connectivity index (χ4n) is 2.83. The van der Waals surface area contributed by atoms with Gasteiger partial charge in [0.05, 0.1) is 21.8 Å². The highest BCUT2D eigenvalue weighted by Gasteiger charge is 2.44. The Hall–Kier alpha value is -1.77. The number of carbonyl (C=O) groups excluding carboxylic acids is 1. The molecule has 7 nitrogen and oxygen atoms in total. The number of aromatic nitrogens is 1. The van der Waals surface area contributed by atoms with Crippen LogP contribution in [0.1, 0.15) is 59.8 Å². The Balaban J connectivity index is 2.30. The predicted octanol–water partition coefficient (Wildman–Crippen LogP) is 2.21. The molecule has 2 rings (SSSR count). The summed E-state index contributed by atoms with van der Waals surface area (Å²) in [5, 5.41) is 0. The van der Waals surface area contributed by atoms with E-state index in [-0.39, 0.29) is 0 Å². The first-order valence-corrected chi connectivity index (χ1v) is 7.91. The molecule has 27 heavy (non-hydrogen) atoms. The number of hydrogen-bond donors (Lipinski definition) is 0. The topological polar surface area (TPSA) is 76.0 Å². The summed E-state index contributed by atoms with van der Waals surface area (Å²) >= 11 is 0. The van der Waals surface area contributed by atoms with Crippen LogP contribution in [-0.2, 0) is 30.2 Å². The molecule has 152 valence electrons. The minimum absolute atomic E-state index is 0.519. The van der Waals surface area contributed by atoms with Crippen LogP contribution in [0.3, 0.4) is 0 Å². The number of methoxy groups -OCH3 is 2. The molecule has 0 spiro atoms. The van der Waals surface area contributed by atoms with Crippen LogP contribution in [0.2, 0.25) is 0 Å². The summed E-state index contributed by atoms with van der Waals surface area (Å²) in [6, 6.07) is 0.703. The van der Waals surface area contributed by atoms with Crippen molar-refractivity contribution >= 4 is 5.97 Å². The van der Waals surface area contributed by atoms with Gasteiger partial charge in [-0.1, -0.05) is 19.6 Å². The highest BCUT2D eigenvalue weighted by molar-refractivity contribution is 5.72. The van der Waals surface area contributed by atoms with Crippen LogP contribution in [0.15, 0.2) is 17.1 Å².